The van der Waals surface area contributed by atoms with Gasteiger partial charge in [0.1, 0.15) is 0 Å². The number of aldehydes is 1. The van der Waals surface area contributed by atoms with E-state index in [1.54, 1.807) is 6.07 Å². The maximum atomic E-state index is 10.5. The van der Waals surface area contributed by atoms with E-state index in [-0.39, 0.29) is 0 Å². The van der Waals surface area contributed by atoms with Crippen molar-refractivity contribution >= 4 is 28.3 Å². The minimum atomic E-state index is 0.731. The maximum Gasteiger partial charge on any atom is 0.150 e. The summed E-state index contributed by atoms with van der Waals surface area (Å²) in [6.45, 7) is 0. The molecule has 0 aliphatic carbocycles. The molecule has 62 valence electrons. The number of hydrogen-bond acceptors (Lipinski definition) is 1. The van der Waals surface area contributed by atoms with Gasteiger partial charge in [0.15, 0.2) is 6.29 Å². The van der Waals surface area contributed by atoms with Gasteiger partial charge in [-0.05, 0) is 5.56 Å². The van der Waals surface area contributed by atoms with Crippen LogP contribution in [0.1, 0.15) is 15.9 Å². The predicted octanol–water partition coefficient (Wildman–Crippen LogP) is 2.91. The highest BCUT2D eigenvalue weighted by atomic mass is 79.9. The zero-order valence-electron chi connectivity index (χ0n) is 6.53. The van der Waals surface area contributed by atoms with E-state index in [4.69, 9.17) is 0 Å². The molecule has 0 unspecified atom stereocenters. The molecule has 0 aromatic heterocycles. The van der Waals surface area contributed by atoms with E-state index in [0.717, 1.165) is 22.7 Å². The zero-order valence-corrected chi connectivity index (χ0v) is 8.12. The van der Waals surface area contributed by atoms with E-state index in [1.165, 1.54) is 0 Å². The van der Waals surface area contributed by atoms with Crippen molar-refractivity contribution in [2.75, 3.05) is 5.33 Å². The summed E-state index contributed by atoms with van der Waals surface area (Å²) in [7, 11) is 0. The Bertz CT molecular complexity index is 292. The third-order valence-electron chi connectivity index (χ3n) is 1.51. The summed E-state index contributed by atoms with van der Waals surface area (Å²) in [6.07, 6.45) is 4.76. The van der Waals surface area contributed by atoms with Crippen LogP contribution < -0.4 is 0 Å². The van der Waals surface area contributed by atoms with Crippen molar-refractivity contribution in [2.24, 2.45) is 0 Å². The van der Waals surface area contributed by atoms with E-state index in [2.05, 4.69) is 15.9 Å². The van der Waals surface area contributed by atoms with E-state index in [1.807, 2.05) is 30.4 Å². The lowest BCUT2D eigenvalue weighted by atomic mass is 10.1. The SMILES string of the molecule is O=Cc1ccccc1/C=C/CBr. The number of benzene rings is 1. The second kappa shape index (κ2) is 4.88. The summed E-state index contributed by atoms with van der Waals surface area (Å²) in [6, 6.07) is 7.50. The molecule has 0 atom stereocenters. The molecule has 0 heterocycles. The van der Waals surface area contributed by atoms with Gasteiger partial charge in [0.05, 0.1) is 0 Å². The lowest BCUT2D eigenvalue weighted by Gasteiger charge is -1.95. The van der Waals surface area contributed by atoms with Gasteiger partial charge in [-0.2, -0.15) is 0 Å². The summed E-state index contributed by atoms with van der Waals surface area (Å²) in [5, 5.41) is 0.806. The smallest absolute Gasteiger partial charge is 0.150 e. The number of halogens is 1. The first-order chi connectivity index (χ1) is 5.88. The van der Waals surface area contributed by atoms with Gasteiger partial charge in [-0.25, -0.2) is 0 Å². The van der Waals surface area contributed by atoms with Gasteiger partial charge in [-0.3, -0.25) is 4.79 Å². The number of hydrogen-bond donors (Lipinski definition) is 0. The van der Waals surface area contributed by atoms with E-state index in [0.29, 0.717) is 0 Å². The fourth-order valence-electron chi connectivity index (χ4n) is 0.942. The summed E-state index contributed by atoms with van der Waals surface area (Å²) in [5.41, 5.74) is 1.70. The Kier molecular flexibility index (Phi) is 3.74. The zero-order chi connectivity index (χ0) is 8.81. The van der Waals surface area contributed by atoms with Crippen LogP contribution >= 0.6 is 15.9 Å². The lowest BCUT2D eigenvalue weighted by molar-refractivity contribution is 0.112. The average molecular weight is 225 g/mol. The molecule has 0 amide bonds. The van der Waals surface area contributed by atoms with Crippen LogP contribution in [-0.4, -0.2) is 11.6 Å². The summed E-state index contributed by atoms with van der Waals surface area (Å²) < 4.78 is 0. The largest absolute Gasteiger partial charge is 0.298 e. The van der Waals surface area contributed by atoms with Crippen molar-refractivity contribution in [3.05, 3.63) is 41.5 Å². The topological polar surface area (TPSA) is 17.1 Å². The van der Waals surface area contributed by atoms with Gasteiger partial charge in [0, 0.05) is 10.9 Å². The van der Waals surface area contributed by atoms with Crippen molar-refractivity contribution < 1.29 is 4.79 Å². The van der Waals surface area contributed by atoms with Gasteiger partial charge < -0.3 is 0 Å². The van der Waals surface area contributed by atoms with Gasteiger partial charge >= 0.3 is 0 Å². The third kappa shape index (κ3) is 2.31. The molecule has 1 rings (SSSR count). The second-order valence-corrected chi connectivity index (χ2v) is 2.95. The number of allylic oxidation sites excluding steroid dienone is 1. The fourth-order valence-corrected chi connectivity index (χ4v) is 1.13. The first kappa shape index (κ1) is 9.20. The molecule has 0 aliphatic rings. The average Bonchev–Trinajstić information content (AvgIpc) is 2.15. The van der Waals surface area contributed by atoms with Gasteiger partial charge in [0.25, 0.3) is 0 Å². The first-order valence-electron chi connectivity index (χ1n) is 3.65. The minimum absolute atomic E-state index is 0.731. The molecule has 0 spiro atoms. The molecule has 12 heavy (non-hydrogen) atoms. The van der Waals surface area contributed by atoms with Crippen LogP contribution in [0, 0.1) is 0 Å². The molecule has 0 aliphatic heterocycles. The highest BCUT2D eigenvalue weighted by Gasteiger charge is 1.93. The highest BCUT2D eigenvalue weighted by Crippen LogP contribution is 2.08. The molecule has 1 nitrogen and oxygen atoms in total. The van der Waals surface area contributed by atoms with Crippen LogP contribution in [0.5, 0.6) is 0 Å². The van der Waals surface area contributed by atoms with Crippen LogP contribution in [0.2, 0.25) is 0 Å². The molecule has 0 saturated carbocycles. The van der Waals surface area contributed by atoms with Crippen LogP contribution in [0.4, 0.5) is 0 Å². The van der Waals surface area contributed by atoms with Crippen LogP contribution in [-0.2, 0) is 0 Å². The van der Waals surface area contributed by atoms with Crippen LogP contribution in [0.15, 0.2) is 30.3 Å². The van der Waals surface area contributed by atoms with E-state index < -0.39 is 0 Å². The monoisotopic (exact) mass is 224 g/mol. The number of rotatable bonds is 3. The minimum Gasteiger partial charge on any atom is -0.298 e. The molecule has 2 heteroatoms. The second-order valence-electron chi connectivity index (χ2n) is 2.30. The Morgan fingerprint density at radius 1 is 1.25 bits per heavy atom. The molecule has 1 aromatic carbocycles. The van der Waals surface area contributed by atoms with Crippen molar-refractivity contribution in [2.45, 2.75) is 0 Å². The number of alkyl halides is 1. The summed E-state index contributed by atoms with van der Waals surface area (Å²) >= 11 is 3.28. The molecule has 0 bridgehead atoms. The van der Waals surface area contributed by atoms with Crippen molar-refractivity contribution in [1.82, 2.24) is 0 Å². The summed E-state index contributed by atoms with van der Waals surface area (Å²) in [5.74, 6) is 0. The quantitative estimate of drug-likeness (QED) is 0.571. The molecular formula is C10H9BrO. The maximum absolute atomic E-state index is 10.5. The number of carbonyl (C=O) groups excluding carboxylic acids is 1. The molecule has 0 saturated heterocycles. The molecule has 0 radical (unpaired) electrons. The Hall–Kier alpha value is -0.890. The Labute approximate surface area is 80.2 Å². The first-order valence-corrected chi connectivity index (χ1v) is 4.77. The van der Waals surface area contributed by atoms with Gasteiger partial charge in [-0.1, -0.05) is 52.3 Å². The van der Waals surface area contributed by atoms with Crippen LogP contribution in [0.3, 0.4) is 0 Å². The Morgan fingerprint density at radius 2 is 1.92 bits per heavy atom. The lowest BCUT2D eigenvalue weighted by Crippen LogP contribution is -1.83. The Balaban J connectivity index is 2.96. The normalized spacial score (nSPS) is 10.4. The van der Waals surface area contributed by atoms with Gasteiger partial charge in [-0.15, -0.1) is 0 Å². The predicted molar refractivity (Wildman–Crippen MR) is 54.7 cm³/mol. The standard InChI is InChI=1S/C10H9BrO/c11-7-3-6-9-4-1-2-5-10(9)8-12/h1-6,8H,7H2/b6-3+. The fraction of sp³-hybridized carbons (Fsp3) is 0.100. The van der Waals surface area contributed by atoms with Crippen molar-refractivity contribution in [1.29, 1.82) is 0 Å². The van der Waals surface area contributed by atoms with Crippen molar-refractivity contribution in [3.63, 3.8) is 0 Å². The van der Waals surface area contributed by atoms with E-state index >= 15 is 0 Å². The highest BCUT2D eigenvalue weighted by molar-refractivity contribution is 9.09. The Morgan fingerprint density at radius 3 is 2.50 bits per heavy atom. The third-order valence-corrected chi connectivity index (χ3v) is 1.88. The van der Waals surface area contributed by atoms with Gasteiger partial charge in [0.2, 0.25) is 0 Å². The molecule has 0 N–H and O–H groups in total. The summed E-state index contributed by atoms with van der Waals surface area (Å²) in [4.78, 5) is 10.5. The molecule has 0 fully saturated rings. The van der Waals surface area contributed by atoms with E-state index in [9.17, 15) is 4.79 Å². The van der Waals surface area contributed by atoms with Crippen LogP contribution in [0.25, 0.3) is 6.08 Å². The number of carbonyl (C=O) groups is 1. The van der Waals surface area contributed by atoms with Crippen molar-refractivity contribution in [3.8, 4) is 0 Å². The molecule has 1 aromatic rings. The molecular weight excluding hydrogens is 216 g/mol.